The Labute approximate surface area is 180 Å². The van der Waals surface area contributed by atoms with Gasteiger partial charge in [-0.2, -0.15) is 5.10 Å². The van der Waals surface area contributed by atoms with Gasteiger partial charge in [0.15, 0.2) is 0 Å². The first-order chi connectivity index (χ1) is 14.8. The fraction of sp³-hybridized carbons (Fsp3) is 0.261. The molecule has 8 nitrogen and oxygen atoms in total. The van der Waals surface area contributed by atoms with E-state index in [0.29, 0.717) is 29.6 Å². The number of pyridine rings is 1. The largest absolute Gasteiger partial charge is 0.420 e. The summed E-state index contributed by atoms with van der Waals surface area (Å²) in [6, 6.07) is 13.1. The van der Waals surface area contributed by atoms with Crippen LogP contribution >= 0.6 is 0 Å². The first kappa shape index (κ1) is 20.5. The smallest absolute Gasteiger partial charge is 0.268 e. The van der Waals surface area contributed by atoms with Gasteiger partial charge in [0.05, 0.1) is 11.4 Å². The molecule has 0 atom stereocenters. The predicted molar refractivity (Wildman–Crippen MR) is 116 cm³/mol. The topological polar surface area (TPSA) is 98.7 Å². The number of aromatic nitrogens is 5. The average Bonchev–Trinajstić information content (AvgIpc) is 3.39. The number of hydrogen-bond donors (Lipinski definition) is 1. The summed E-state index contributed by atoms with van der Waals surface area (Å²) in [5.74, 6) is 0.693. The number of carbonyl (C=O) groups is 1. The average molecular weight is 416 g/mol. The van der Waals surface area contributed by atoms with Crippen molar-refractivity contribution in [3.8, 4) is 17.3 Å². The highest BCUT2D eigenvalue weighted by atomic mass is 16.4. The Bertz CT molecular complexity index is 1200. The maximum absolute atomic E-state index is 12.7. The molecule has 0 radical (unpaired) electrons. The summed E-state index contributed by atoms with van der Waals surface area (Å²) in [5.41, 5.74) is 3.69. The summed E-state index contributed by atoms with van der Waals surface area (Å²) in [7, 11) is 0. The number of rotatable bonds is 5. The minimum Gasteiger partial charge on any atom is -0.420 e. The number of amides is 1. The third-order valence-electron chi connectivity index (χ3n) is 4.78. The molecule has 1 aromatic carbocycles. The van der Waals surface area contributed by atoms with E-state index < -0.39 is 0 Å². The Kier molecular flexibility index (Phi) is 5.37. The number of aryl methyl sites for hydroxylation is 1. The monoisotopic (exact) mass is 416 g/mol. The van der Waals surface area contributed by atoms with Crippen molar-refractivity contribution in [2.75, 3.05) is 0 Å². The molecule has 31 heavy (non-hydrogen) atoms. The van der Waals surface area contributed by atoms with Crippen molar-refractivity contribution in [1.82, 2.24) is 30.3 Å². The Morgan fingerprint density at radius 2 is 1.87 bits per heavy atom. The highest BCUT2D eigenvalue weighted by molar-refractivity contribution is 5.94. The summed E-state index contributed by atoms with van der Waals surface area (Å²) < 4.78 is 7.38. The van der Waals surface area contributed by atoms with Gasteiger partial charge < -0.3 is 9.73 Å². The fourth-order valence-corrected chi connectivity index (χ4v) is 3.18. The van der Waals surface area contributed by atoms with E-state index in [9.17, 15) is 4.79 Å². The van der Waals surface area contributed by atoms with Gasteiger partial charge in [0, 0.05) is 36.8 Å². The van der Waals surface area contributed by atoms with Crippen molar-refractivity contribution in [3.63, 3.8) is 0 Å². The van der Waals surface area contributed by atoms with E-state index in [4.69, 9.17) is 9.52 Å². The summed E-state index contributed by atoms with van der Waals surface area (Å²) >= 11 is 0. The van der Waals surface area contributed by atoms with E-state index in [1.54, 1.807) is 25.4 Å². The van der Waals surface area contributed by atoms with E-state index >= 15 is 0 Å². The fourth-order valence-electron chi connectivity index (χ4n) is 3.18. The summed E-state index contributed by atoms with van der Waals surface area (Å²) in [5, 5.41) is 15.6. The molecule has 0 saturated carbocycles. The molecule has 8 heteroatoms. The minimum atomic E-state index is -0.195. The van der Waals surface area contributed by atoms with Crippen molar-refractivity contribution in [2.45, 2.75) is 39.7 Å². The number of benzene rings is 1. The molecule has 158 valence electrons. The molecule has 4 rings (SSSR count). The highest BCUT2D eigenvalue weighted by Gasteiger charge is 2.24. The van der Waals surface area contributed by atoms with Crippen LogP contribution in [0.3, 0.4) is 0 Å². The van der Waals surface area contributed by atoms with Gasteiger partial charge >= 0.3 is 0 Å². The van der Waals surface area contributed by atoms with Crippen LogP contribution in [0.4, 0.5) is 0 Å². The quantitative estimate of drug-likeness (QED) is 0.530. The standard InChI is InChI=1S/C23H24N6O2/c1-15-26-27-22(31-15)19-13-20(23(2,3)4)29(28-19)18-7-5-6-17(12-18)21(30)25-14-16-8-10-24-11-9-16/h5-13H,14H2,1-4H3,(H,25,30). The maximum atomic E-state index is 12.7. The molecule has 0 bridgehead atoms. The van der Waals surface area contributed by atoms with E-state index in [-0.39, 0.29) is 11.3 Å². The van der Waals surface area contributed by atoms with Crippen LogP contribution in [0.5, 0.6) is 0 Å². The third-order valence-corrected chi connectivity index (χ3v) is 4.78. The molecule has 3 aromatic heterocycles. The van der Waals surface area contributed by atoms with Gasteiger partial charge in [-0.1, -0.05) is 26.8 Å². The SMILES string of the molecule is Cc1nnc(-c2cc(C(C)(C)C)n(-c3cccc(C(=O)NCc4ccncc4)c3)n2)o1. The van der Waals surface area contributed by atoms with Crippen molar-refractivity contribution < 1.29 is 9.21 Å². The molecule has 0 aliphatic heterocycles. The molecule has 0 unspecified atom stereocenters. The van der Waals surface area contributed by atoms with Crippen LogP contribution < -0.4 is 5.32 Å². The lowest BCUT2D eigenvalue weighted by Gasteiger charge is -2.20. The second kappa shape index (κ2) is 8.14. The molecule has 1 N–H and O–H groups in total. The molecule has 0 fully saturated rings. The molecule has 1 amide bonds. The van der Waals surface area contributed by atoms with Crippen LogP contribution in [0.15, 0.2) is 59.3 Å². The van der Waals surface area contributed by atoms with E-state index in [2.05, 4.69) is 41.3 Å². The van der Waals surface area contributed by atoms with Crippen LogP contribution in [0.1, 0.15) is 48.3 Å². The van der Waals surface area contributed by atoms with Crippen LogP contribution in [0.25, 0.3) is 17.3 Å². The zero-order chi connectivity index (χ0) is 22.0. The second-order valence-electron chi connectivity index (χ2n) is 8.29. The van der Waals surface area contributed by atoms with Gasteiger partial charge in [-0.25, -0.2) is 4.68 Å². The van der Waals surface area contributed by atoms with Crippen LogP contribution in [-0.2, 0) is 12.0 Å². The number of nitrogens with one attached hydrogen (secondary N) is 1. The molecule has 0 spiro atoms. The molecular weight excluding hydrogens is 392 g/mol. The van der Waals surface area contributed by atoms with Gasteiger partial charge in [-0.3, -0.25) is 9.78 Å². The number of carbonyl (C=O) groups excluding carboxylic acids is 1. The van der Waals surface area contributed by atoms with Crippen LogP contribution in [-0.4, -0.2) is 30.9 Å². The zero-order valence-corrected chi connectivity index (χ0v) is 18.0. The van der Waals surface area contributed by atoms with Crippen molar-refractivity contribution in [3.05, 3.63) is 77.6 Å². The maximum Gasteiger partial charge on any atom is 0.268 e. The summed E-state index contributed by atoms with van der Waals surface area (Å²) in [4.78, 5) is 16.7. The summed E-state index contributed by atoms with van der Waals surface area (Å²) in [6.45, 7) is 8.49. The lowest BCUT2D eigenvalue weighted by molar-refractivity contribution is 0.0951. The number of nitrogens with zero attached hydrogens (tertiary/aromatic N) is 5. The van der Waals surface area contributed by atoms with Crippen LogP contribution in [0.2, 0.25) is 0 Å². The zero-order valence-electron chi connectivity index (χ0n) is 18.0. The number of hydrogen-bond acceptors (Lipinski definition) is 6. The molecule has 0 saturated heterocycles. The van der Waals surface area contributed by atoms with Gasteiger partial charge in [-0.05, 0) is 42.0 Å². The van der Waals surface area contributed by atoms with Crippen molar-refractivity contribution >= 4 is 5.91 Å². The molecular formula is C23H24N6O2. The first-order valence-corrected chi connectivity index (χ1v) is 10.00. The Balaban J connectivity index is 1.65. The molecule has 4 aromatic rings. The second-order valence-corrected chi connectivity index (χ2v) is 8.29. The Morgan fingerprint density at radius 3 is 2.55 bits per heavy atom. The van der Waals surface area contributed by atoms with Gasteiger partial charge in [0.1, 0.15) is 5.69 Å². The summed E-state index contributed by atoms with van der Waals surface area (Å²) in [6.07, 6.45) is 3.41. The van der Waals surface area contributed by atoms with Crippen molar-refractivity contribution in [2.24, 2.45) is 0 Å². The first-order valence-electron chi connectivity index (χ1n) is 10.00. The van der Waals surface area contributed by atoms with Crippen molar-refractivity contribution in [1.29, 1.82) is 0 Å². The molecule has 3 heterocycles. The van der Waals surface area contributed by atoms with E-state index in [1.807, 2.05) is 41.1 Å². The van der Waals surface area contributed by atoms with E-state index in [1.165, 1.54) is 0 Å². The third kappa shape index (κ3) is 4.53. The minimum absolute atomic E-state index is 0.157. The van der Waals surface area contributed by atoms with Gasteiger partial charge in [0.2, 0.25) is 5.89 Å². The lowest BCUT2D eigenvalue weighted by Crippen LogP contribution is -2.23. The highest BCUT2D eigenvalue weighted by Crippen LogP contribution is 2.29. The molecule has 0 aliphatic carbocycles. The van der Waals surface area contributed by atoms with Crippen LogP contribution in [0, 0.1) is 6.92 Å². The Hall–Kier alpha value is -3.81. The predicted octanol–water partition coefficient (Wildman–Crippen LogP) is 3.85. The Morgan fingerprint density at radius 1 is 1.10 bits per heavy atom. The molecule has 0 aliphatic rings. The normalized spacial score (nSPS) is 11.5. The van der Waals surface area contributed by atoms with Gasteiger partial charge in [-0.15, -0.1) is 10.2 Å². The lowest BCUT2D eigenvalue weighted by atomic mass is 9.91. The van der Waals surface area contributed by atoms with E-state index in [0.717, 1.165) is 16.9 Å². The van der Waals surface area contributed by atoms with Gasteiger partial charge in [0.25, 0.3) is 11.8 Å².